The van der Waals surface area contributed by atoms with Gasteiger partial charge >= 0.3 is 0 Å². The molecule has 1 aromatic carbocycles. The van der Waals surface area contributed by atoms with E-state index >= 15 is 0 Å². The Balaban J connectivity index is 2.18. The fourth-order valence-corrected chi connectivity index (χ4v) is 1.79. The maximum absolute atomic E-state index is 12.7. The highest BCUT2D eigenvalue weighted by Gasteiger charge is 2.10. The Kier molecular flexibility index (Phi) is 4.27. The first-order valence-corrected chi connectivity index (χ1v) is 6.27. The van der Waals surface area contributed by atoms with Crippen LogP contribution in [-0.4, -0.2) is 23.8 Å². The largest absolute Gasteiger partial charge is 0.355 e. The van der Waals surface area contributed by atoms with Crippen LogP contribution in [0.3, 0.4) is 0 Å². The summed E-state index contributed by atoms with van der Waals surface area (Å²) < 4.78 is 12.7. The van der Waals surface area contributed by atoms with E-state index in [9.17, 15) is 14.0 Å². The molecule has 2 amide bonds. The zero-order valence-electron chi connectivity index (χ0n) is 11.6. The highest BCUT2D eigenvalue weighted by molar-refractivity contribution is 6.04. The Hall–Kier alpha value is -2.76. The summed E-state index contributed by atoms with van der Waals surface area (Å²) in [6, 6.07) is 7.42. The number of hydrogen-bond donors (Lipinski definition) is 2. The van der Waals surface area contributed by atoms with Crippen molar-refractivity contribution in [2.75, 3.05) is 12.4 Å². The summed E-state index contributed by atoms with van der Waals surface area (Å²) in [5.41, 5.74) is 2.10. The van der Waals surface area contributed by atoms with Gasteiger partial charge in [0, 0.05) is 24.5 Å². The summed E-state index contributed by atoms with van der Waals surface area (Å²) >= 11 is 0. The van der Waals surface area contributed by atoms with Gasteiger partial charge in [0.25, 0.3) is 11.8 Å². The van der Waals surface area contributed by atoms with Gasteiger partial charge in [0.15, 0.2) is 0 Å². The van der Waals surface area contributed by atoms with Gasteiger partial charge in [-0.05, 0) is 42.8 Å². The van der Waals surface area contributed by atoms with E-state index in [0.717, 1.165) is 11.6 Å². The first-order valence-electron chi connectivity index (χ1n) is 6.27. The number of pyridine rings is 1. The molecule has 1 heterocycles. The lowest BCUT2D eigenvalue weighted by Gasteiger charge is -2.09. The van der Waals surface area contributed by atoms with E-state index in [1.54, 1.807) is 32.2 Å². The number of benzene rings is 1. The van der Waals surface area contributed by atoms with Crippen molar-refractivity contribution in [1.82, 2.24) is 10.3 Å². The predicted molar refractivity (Wildman–Crippen MR) is 76.7 cm³/mol. The standard InChI is InChI=1S/C15H14FN3O2/c1-9-7-10(14(20)17-2)3-5-12(9)19-15(21)11-4-6-13(16)18-8-11/h3-8H,1-2H3,(H,17,20)(H,19,21). The van der Waals surface area contributed by atoms with Crippen molar-refractivity contribution in [3.05, 3.63) is 59.2 Å². The molecule has 0 aliphatic carbocycles. The molecule has 108 valence electrons. The average molecular weight is 287 g/mol. The van der Waals surface area contributed by atoms with Crippen LogP contribution < -0.4 is 10.6 Å². The first-order chi connectivity index (χ1) is 10.0. The first kappa shape index (κ1) is 14.6. The molecule has 0 atom stereocenters. The molecule has 0 radical (unpaired) electrons. The smallest absolute Gasteiger partial charge is 0.257 e. The van der Waals surface area contributed by atoms with Crippen molar-refractivity contribution < 1.29 is 14.0 Å². The van der Waals surface area contributed by atoms with E-state index in [4.69, 9.17) is 0 Å². The molecule has 0 fully saturated rings. The van der Waals surface area contributed by atoms with Crippen molar-refractivity contribution in [1.29, 1.82) is 0 Å². The van der Waals surface area contributed by atoms with E-state index < -0.39 is 11.9 Å². The summed E-state index contributed by atoms with van der Waals surface area (Å²) in [5, 5.41) is 5.23. The predicted octanol–water partition coefficient (Wildman–Crippen LogP) is 2.14. The highest BCUT2D eigenvalue weighted by Crippen LogP contribution is 2.17. The zero-order chi connectivity index (χ0) is 15.4. The molecule has 2 rings (SSSR count). The van der Waals surface area contributed by atoms with Gasteiger partial charge in [-0.3, -0.25) is 9.59 Å². The average Bonchev–Trinajstić information content (AvgIpc) is 2.49. The Morgan fingerprint density at radius 2 is 1.81 bits per heavy atom. The normalized spacial score (nSPS) is 10.0. The number of amides is 2. The molecule has 1 aromatic heterocycles. The molecular weight excluding hydrogens is 273 g/mol. The molecule has 0 aliphatic rings. The van der Waals surface area contributed by atoms with Gasteiger partial charge in [-0.1, -0.05) is 0 Å². The Labute approximate surface area is 121 Å². The number of halogens is 1. The van der Waals surface area contributed by atoms with E-state index in [1.165, 1.54) is 12.3 Å². The molecule has 5 nitrogen and oxygen atoms in total. The van der Waals surface area contributed by atoms with Gasteiger partial charge in [0.05, 0.1) is 5.56 Å². The quantitative estimate of drug-likeness (QED) is 0.850. The zero-order valence-corrected chi connectivity index (χ0v) is 11.6. The van der Waals surface area contributed by atoms with Crippen molar-refractivity contribution in [2.24, 2.45) is 0 Å². The van der Waals surface area contributed by atoms with Gasteiger partial charge in [-0.15, -0.1) is 0 Å². The SMILES string of the molecule is CNC(=O)c1ccc(NC(=O)c2ccc(F)nc2)c(C)c1. The fraction of sp³-hybridized carbons (Fsp3) is 0.133. The number of hydrogen-bond acceptors (Lipinski definition) is 3. The third-order valence-corrected chi connectivity index (χ3v) is 2.95. The van der Waals surface area contributed by atoms with Crippen LogP contribution in [0.4, 0.5) is 10.1 Å². The number of carbonyl (C=O) groups is 2. The van der Waals surface area contributed by atoms with Crippen LogP contribution in [0.1, 0.15) is 26.3 Å². The van der Waals surface area contributed by atoms with Gasteiger partial charge in [-0.2, -0.15) is 4.39 Å². The van der Waals surface area contributed by atoms with Crippen LogP contribution in [0.5, 0.6) is 0 Å². The molecule has 2 aromatic rings. The minimum absolute atomic E-state index is 0.196. The molecule has 0 aliphatic heterocycles. The monoisotopic (exact) mass is 287 g/mol. The van der Waals surface area contributed by atoms with E-state index in [-0.39, 0.29) is 11.5 Å². The molecule has 0 saturated heterocycles. The van der Waals surface area contributed by atoms with Crippen molar-refractivity contribution >= 4 is 17.5 Å². The number of carbonyl (C=O) groups excluding carboxylic acids is 2. The molecule has 21 heavy (non-hydrogen) atoms. The van der Waals surface area contributed by atoms with Crippen LogP contribution in [0.2, 0.25) is 0 Å². The van der Waals surface area contributed by atoms with Crippen LogP contribution in [0.25, 0.3) is 0 Å². The van der Waals surface area contributed by atoms with Gasteiger partial charge in [-0.25, -0.2) is 4.98 Å². The number of nitrogens with one attached hydrogen (secondary N) is 2. The molecule has 6 heteroatoms. The van der Waals surface area contributed by atoms with Crippen molar-refractivity contribution in [3.63, 3.8) is 0 Å². The summed E-state index contributed by atoms with van der Waals surface area (Å²) in [6.07, 6.45) is 1.17. The van der Waals surface area contributed by atoms with Crippen LogP contribution in [-0.2, 0) is 0 Å². The second-order valence-electron chi connectivity index (χ2n) is 4.43. The number of aryl methyl sites for hydroxylation is 1. The summed E-state index contributed by atoms with van der Waals surface area (Å²) in [6.45, 7) is 1.78. The summed E-state index contributed by atoms with van der Waals surface area (Å²) in [5.74, 6) is -1.23. The third-order valence-electron chi connectivity index (χ3n) is 2.95. The van der Waals surface area contributed by atoms with Crippen LogP contribution in [0.15, 0.2) is 36.5 Å². The van der Waals surface area contributed by atoms with E-state index in [1.807, 2.05) is 0 Å². The molecule has 0 unspecified atom stereocenters. The van der Waals surface area contributed by atoms with E-state index in [2.05, 4.69) is 15.6 Å². The molecular formula is C15H14FN3O2. The fourth-order valence-electron chi connectivity index (χ4n) is 1.79. The van der Waals surface area contributed by atoms with Crippen molar-refractivity contribution in [2.45, 2.75) is 6.92 Å². The molecule has 0 saturated carbocycles. The lowest BCUT2D eigenvalue weighted by molar-refractivity contribution is 0.0962. The maximum Gasteiger partial charge on any atom is 0.257 e. The topological polar surface area (TPSA) is 71.1 Å². The van der Waals surface area contributed by atoms with E-state index in [0.29, 0.717) is 11.3 Å². The molecule has 2 N–H and O–H groups in total. The number of anilines is 1. The number of aromatic nitrogens is 1. The highest BCUT2D eigenvalue weighted by atomic mass is 19.1. The Morgan fingerprint density at radius 1 is 1.10 bits per heavy atom. The maximum atomic E-state index is 12.7. The minimum Gasteiger partial charge on any atom is -0.355 e. The van der Waals surface area contributed by atoms with Gasteiger partial charge in [0.1, 0.15) is 0 Å². The molecule has 0 spiro atoms. The summed E-state index contributed by atoms with van der Waals surface area (Å²) in [4.78, 5) is 26.9. The number of nitrogens with zero attached hydrogens (tertiary/aromatic N) is 1. The Bertz CT molecular complexity index is 684. The lowest BCUT2D eigenvalue weighted by atomic mass is 10.1. The van der Waals surface area contributed by atoms with Gasteiger partial charge < -0.3 is 10.6 Å². The Morgan fingerprint density at radius 3 is 2.38 bits per heavy atom. The van der Waals surface area contributed by atoms with Crippen LogP contribution >= 0.6 is 0 Å². The second kappa shape index (κ2) is 6.13. The number of rotatable bonds is 3. The second-order valence-corrected chi connectivity index (χ2v) is 4.43. The van der Waals surface area contributed by atoms with Crippen LogP contribution in [0, 0.1) is 12.9 Å². The lowest BCUT2D eigenvalue weighted by Crippen LogP contribution is -2.18. The summed E-state index contributed by atoms with van der Waals surface area (Å²) in [7, 11) is 1.55. The van der Waals surface area contributed by atoms with Crippen molar-refractivity contribution in [3.8, 4) is 0 Å². The third kappa shape index (κ3) is 3.42. The molecule has 0 bridgehead atoms. The van der Waals surface area contributed by atoms with Gasteiger partial charge in [0.2, 0.25) is 5.95 Å². The minimum atomic E-state index is -0.641.